The first-order chi connectivity index (χ1) is 9.99. The number of phenolic OH excluding ortho intramolecular Hbond substituents is 3. The lowest BCUT2D eigenvalue weighted by Crippen LogP contribution is -2.17. The van der Waals surface area contributed by atoms with E-state index in [1.165, 1.54) is 18.3 Å². The number of aryl methyl sites for hydroxylation is 1. The van der Waals surface area contributed by atoms with Gasteiger partial charge in [-0.2, -0.15) is 5.10 Å². The highest BCUT2D eigenvalue weighted by Crippen LogP contribution is 2.36. The predicted molar refractivity (Wildman–Crippen MR) is 77.7 cm³/mol. The van der Waals surface area contributed by atoms with E-state index >= 15 is 0 Å². The van der Waals surface area contributed by atoms with E-state index in [4.69, 9.17) is 0 Å². The van der Waals surface area contributed by atoms with E-state index in [-0.39, 0.29) is 5.56 Å². The molecule has 21 heavy (non-hydrogen) atoms. The van der Waals surface area contributed by atoms with Crippen LogP contribution in [0.2, 0.25) is 0 Å². The quantitative estimate of drug-likeness (QED) is 0.393. The minimum absolute atomic E-state index is 0.162. The van der Waals surface area contributed by atoms with Crippen molar-refractivity contribution in [3.05, 3.63) is 53.1 Å². The molecule has 2 aromatic rings. The number of hydrazone groups is 1. The van der Waals surface area contributed by atoms with Gasteiger partial charge in [0.1, 0.15) is 0 Å². The lowest BCUT2D eigenvalue weighted by Gasteiger charge is -2.03. The number of aromatic hydroxyl groups is 3. The van der Waals surface area contributed by atoms with Crippen LogP contribution >= 0.6 is 0 Å². The lowest BCUT2D eigenvalue weighted by molar-refractivity contribution is 0.0955. The van der Waals surface area contributed by atoms with Crippen LogP contribution in [0.5, 0.6) is 17.2 Å². The molecule has 0 atom stereocenters. The molecule has 6 heteroatoms. The molecule has 0 spiro atoms. The van der Waals surface area contributed by atoms with Crippen molar-refractivity contribution in [2.75, 3.05) is 0 Å². The molecule has 0 aromatic heterocycles. The Hall–Kier alpha value is -3.02. The molecule has 0 aliphatic carbocycles. The third kappa shape index (κ3) is 3.30. The summed E-state index contributed by atoms with van der Waals surface area (Å²) in [5.41, 5.74) is 3.96. The van der Waals surface area contributed by atoms with E-state index in [2.05, 4.69) is 10.5 Å². The fourth-order valence-electron chi connectivity index (χ4n) is 1.62. The topological polar surface area (TPSA) is 102 Å². The molecule has 0 aliphatic rings. The summed E-state index contributed by atoms with van der Waals surface area (Å²) in [6.07, 6.45) is 1.17. The summed E-state index contributed by atoms with van der Waals surface area (Å²) in [4.78, 5) is 11.8. The molecule has 0 saturated carbocycles. The van der Waals surface area contributed by atoms with Gasteiger partial charge in [-0.3, -0.25) is 4.79 Å². The Bertz CT molecular complexity index is 694. The molecule has 0 heterocycles. The van der Waals surface area contributed by atoms with Gasteiger partial charge in [0.15, 0.2) is 11.5 Å². The van der Waals surface area contributed by atoms with E-state index in [0.717, 1.165) is 5.56 Å². The van der Waals surface area contributed by atoms with Crippen molar-refractivity contribution in [2.24, 2.45) is 5.10 Å². The summed E-state index contributed by atoms with van der Waals surface area (Å²) in [7, 11) is 0. The van der Waals surface area contributed by atoms with Gasteiger partial charge in [0.25, 0.3) is 5.91 Å². The average Bonchev–Trinajstić information content (AvgIpc) is 2.48. The van der Waals surface area contributed by atoms with Crippen LogP contribution in [-0.4, -0.2) is 27.4 Å². The normalized spacial score (nSPS) is 10.7. The number of benzene rings is 2. The maximum atomic E-state index is 11.8. The maximum absolute atomic E-state index is 11.8. The van der Waals surface area contributed by atoms with Crippen LogP contribution in [0.4, 0.5) is 0 Å². The monoisotopic (exact) mass is 286 g/mol. The third-order valence-corrected chi connectivity index (χ3v) is 2.84. The van der Waals surface area contributed by atoms with Gasteiger partial charge < -0.3 is 15.3 Å². The molecule has 0 aliphatic heterocycles. The van der Waals surface area contributed by atoms with Gasteiger partial charge >= 0.3 is 0 Å². The molecule has 108 valence electrons. The van der Waals surface area contributed by atoms with Gasteiger partial charge in [-0.15, -0.1) is 0 Å². The van der Waals surface area contributed by atoms with E-state index in [9.17, 15) is 20.1 Å². The molecule has 0 radical (unpaired) electrons. The third-order valence-electron chi connectivity index (χ3n) is 2.84. The van der Waals surface area contributed by atoms with Gasteiger partial charge in [0.05, 0.1) is 6.21 Å². The summed E-state index contributed by atoms with van der Waals surface area (Å²) < 4.78 is 0. The van der Waals surface area contributed by atoms with E-state index < -0.39 is 23.2 Å². The first-order valence-electron chi connectivity index (χ1n) is 6.13. The van der Waals surface area contributed by atoms with Crippen LogP contribution in [0, 0.1) is 6.92 Å². The molecule has 1 amide bonds. The molecule has 0 fully saturated rings. The van der Waals surface area contributed by atoms with Crippen molar-refractivity contribution in [1.82, 2.24) is 5.43 Å². The zero-order chi connectivity index (χ0) is 15.4. The number of phenols is 3. The lowest BCUT2D eigenvalue weighted by atomic mass is 10.1. The van der Waals surface area contributed by atoms with Crippen molar-refractivity contribution in [3.8, 4) is 17.2 Å². The summed E-state index contributed by atoms with van der Waals surface area (Å²) in [6.45, 7) is 1.92. The SMILES string of the molecule is Cc1ccc(C(=O)N/N=C/c2ccc(O)c(O)c2O)cc1. The van der Waals surface area contributed by atoms with Gasteiger partial charge in [0.2, 0.25) is 5.75 Å². The molecule has 2 aromatic carbocycles. The summed E-state index contributed by atoms with van der Waals surface area (Å²) in [6, 6.07) is 9.52. The Morgan fingerprint density at radius 2 is 1.71 bits per heavy atom. The zero-order valence-corrected chi connectivity index (χ0v) is 11.2. The van der Waals surface area contributed by atoms with E-state index in [1.807, 2.05) is 19.1 Å². The molecule has 0 saturated heterocycles. The number of rotatable bonds is 3. The summed E-state index contributed by atoms with van der Waals surface area (Å²) in [5, 5.41) is 31.8. The van der Waals surface area contributed by atoms with Crippen molar-refractivity contribution < 1.29 is 20.1 Å². The van der Waals surface area contributed by atoms with E-state index in [0.29, 0.717) is 5.56 Å². The van der Waals surface area contributed by atoms with Crippen molar-refractivity contribution >= 4 is 12.1 Å². The van der Waals surface area contributed by atoms with Crippen LogP contribution in [0.1, 0.15) is 21.5 Å². The molecule has 6 nitrogen and oxygen atoms in total. The summed E-state index contributed by atoms with van der Waals surface area (Å²) >= 11 is 0. The minimum atomic E-state index is -0.635. The van der Waals surface area contributed by atoms with Crippen molar-refractivity contribution in [2.45, 2.75) is 6.92 Å². The van der Waals surface area contributed by atoms with E-state index in [1.54, 1.807) is 12.1 Å². The predicted octanol–water partition coefficient (Wildman–Crippen LogP) is 1.88. The largest absolute Gasteiger partial charge is 0.504 e. The number of hydrogen-bond acceptors (Lipinski definition) is 5. The van der Waals surface area contributed by atoms with Crippen LogP contribution in [0.25, 0.3) is 0 Å². The number of nitrogens with zero attached hydrogens (tertiary/aromatic N) is 1. The Labute approximate surface area is 121 Å². The van der Waals surface area contributed by atoms with Crippen LogP contribution in [0.15, 0.2) is 41.5 Å². The molecular formula is C15H14N2O4. The second-order valence-electron chi connectivity index (χ2n) is 4.44. The van der Waals surface area contributed by atoms with Gasteiger partial charge in [-0.1, -0.05) is 17.7 Å². The standard InChI is InChI=1S/C15H14N2O4/c1-9-2-4-10(5-3-9)15(21)17-16-8-11-6-7-12(18)14(20)13(11)19/h2-8,18-20H,1H3,(H,17,21)/b16-8+. The molecule has 2 rings (SSSR count). The second kappa shape index (κ2) is 5.96. The van der Waals surface area contributed by atoms with Crippen LogP contribution < -0.4 is 5.43 Å². The highest BCUT2D eigenvalue weighted by atomic mass is 16.3. The van der Waals surface area contributed by atoms with Crippen molar-refractivity contribution in [1.29, 1.82) is 0 Å². The first-order valence-corrected chi connectivity index (χ1v) is 6.13. The second-order valence-corrected chi connectivity index (χ2v) is 4.44. The molecule has 0 unspecified atom stereocenters. The minimum Gasteiger partial charge on any atom is -0.504 e. The number of amides is 1. The Morgan fingerprint density at radius 1 is 1.05 bits per heavy atom. The maximum Gasteiger partial charge on any atom is 0.271 e. The van der Waals surface area contributed by atoms with Crippen LogP contribution in [0.3, 0.4) is 0 Å². The molecule has 0 bridgehead atoms. The number of nitrogens with one attached hydrogen (secondary N) is 1. The first kappa shape index (κ1) is 14.4. The van der Waals surface area contributed by atoms with Crippen LogP contribution in [-0.2, 0) is 0 Å². The van der Waals surface area contributed by atoms with Gasteiger partial charge in [-0.25, -0.2) is 5.43 Å². The Kier molecular flexibility index (Phi) is 4.08. The van der Waals surface area contributed by atoms with Crippen molar-refractivity contribution in [3.63, 3.8) is 0 Å². The van der Waals surface area contributed by atoms with Gasteiger partial charge in [0, 0.05) is 11.1 Å². The number of hydrogen-bond donors (Lipinski definition) is 4. The smallest absolute Gasteiger partial charge is 0.271 e. The summed E-state index contributed by atoms with van der Waals surface area (Å²) in [5.74, 6) is -1.98. The number of carbonyl (C=O) groups excluding carboxylic acids is 1. The molecular weight excluding hydrogens is 272 g/mol. The highest BCUT2D eigenvalue weighted by molar-refractivity contribution is 5.95. The number of carbonyl (C=O) groups is 1. The highest BCUT2D eigenvalue weighted by Gasteiger charge is 2.09. The fraction of sp³-hybridized carbons (Fsp3) is 0.0667. The Morgan fingerprint density at radius 3 is 2.38 bits per heavy atom. The molecule has 4 N–H and O–H groups in total. The average molecular weight is 286 g/mol. The zero-order valence-electron chi connectivity index (χ0n) is 11.2. The Balaban J connectivity index is 2.07. The van der Waals surface area contributed by atoms with Gasteiger partial charge in [-0.05, 0) is 31.2 Å². The fourth-order valence-corrected chi connectivity index (χ4v) is 1.62.